The standard InChI is InChI=1S/C19H21BrClNO2/c1-5-14-6-7-17(16(20)10-14)22-19(23)13(4)24-15-8-11(2)18(21)12(3)9-15/h6-10,13H,5H2,1-4H3,(H,22,23). The van der Waals surface area contributed by atoms with Crippen LogP contribution in [0.15, 0.2) is 34.8 Å². The number of carbonyl (C=O) groups is 1. The summed E-state index contributed by atoms with van der Waals surface area (Å²) >= 11 is 9.65. The van der Waals surface area contributed by atoms with Crippen LogP contribution in [0.1, 0.15) is 30.5 Å². The molecule has 3 nitrogen and oxygen atoms in total. The molecular weight excluding hydrogens is 390 g/mol. The van der Waals surface area contributed by atoms with Gasteiger partial charge in [-0.15, -0.1) is 0 Å². The van der Waals surface area contributed by atoms with Crippen LogP contribution in [0.5, 0.6) is 5.75 Å². The Hall–Kier alpha value is -1.52. The molecule has 2 aromatic rings. The number of benzene rings is 2. The zero-order valence-corrected chi connectivity index (χ0v) is 16.6. The molecule has 5 heteroatoms. The molecule has 0 aliphatic heterocycles. The minimum atomic E-state index is -0.622. The van der Waals surface area contributed by atoms with Crippen LogP contribution in [0.4, 0.5) is 5.69 Å². The van der Waals surface area contributed by atoms with E-state index in [-0.39, 0.29) is 5.91 Å². The third-order valence-corrected chi connectivity index (χ3v) is 5.04. The predicted octanol–water partition coefficient (Wildman–Crippen LogP) is 5.69. The van der Waals surface area contributed by atoms with E-state index in [9.17, 15) is 4.79 Å². The molecular formula is C19H21BrClNO2. The molecule has 1 atom stereocenters. The van der Waals surface area contributed by atoms with Gasteiger partial charge < -0.3 is 10.1 Å². The van der Waals surface area contributed by atoms with E-state index in [0.717, 1.165) is 32.7 Å². The summed E-state index contributed by atoms with van der Waals surface area (Å²) in [7, 11) is 0. The number of amides is 1. The van der Waals surface area contributed by atoms with Gasteiger partial charge in [-0.2, -0.15) is 0 Å². The SMILES string of the molecule is CCc1ccc(NC(=O)C(C)Oc2cc(C)c(Cl)c(C)c2)c(Br)c1. The van der Waals surface area contributed by atoms with Crippen molar-refractivity contribution in [1.82, 2.24) is 0 Å². The zero-order chi connectivity index (χ0) is 17.9. The van der Waals surface area contributed by atoms with Crippen molar-refractivity contribution >= 4 is 39.1 Å². The maximum absolute atomic E-state index is 12.4. The number of anilines is 1. The highest BCUT2D eigenvalue weighted by atomic mass is 79.9. The molecule has 0 aromatic heterocycles. The van der Waals surface area contributed by atoms with E-state index in [1.807, 2.05) is 44.2 Å². The Kier molecular flexibility index (Phi) is 6.30. The van der Waals surface area contributed by atoms with Gasteiger partial charge in [-0.05, 0) is 84.1 Å². The second kappa shape index (κ2) is 8.04. The normalized spacial score (nSPS) is 11.9. The molecule has 0 heterocycles. The van der Waals surface area contributed by atoms with Gasteiger partial charge in [0.05, 0.1) is 5.69 Å². The van der Waals surface area contributed by atoms with Crippen LogP contribution in [-0.4, -0.2) is 12.0 Å². The summed E-state index contributed by atoms with van der Waals surface area (Å²) in [6.45, 7) is 7.65. The van der Waals surface area contributed by atoms with Crippen molar-refractivity contribution in [2.24, 2.45) is 0 Å². The molecule has 1 amide bonds. The highest BCUT2D eigenvalue weighted by Gasteiger charge is 2.17. The van der Waals surface area contributed by atoms with Gasteiger partial charge in [0.2, 0.25) is 0 Å². The molecule has 2 aromatic carbocycles. The second-order valence-corrected chi connectivity index (χ2v) is 7.02. The molecule has 0 fully saturated rings. The van der Waals surface area contributed by atoms with Crippen molar-refractivity contribution in [2.75, 3.05) is 5.32 Å². The maximum atomic E-state index is 12.4. The lowest BCUT2D eigenvalue weighted by atomic mass is 10.1. The fourth-order valence-corrected chi connectivity index (χ4v) is 2.98. The fraction of sp³-hybridized carbons (Fsp3) is 0.316. The lowest BCUT2D eigenvalue weighted by Gasteiger charge is -2.17. The van der Waals surface area contributed by atoms with Crippen LogP contribution in [0.25, 0.3) is 0 Å². The number of carbonyl (C=O) groups excluding carboxylic acids is 1. The molecule has 1 N–H and O–H groups in total. The van der Waals surface area contributed by atoms with Gasteiger partial charge in [-0.1, -0.05) is 24.6 Å². The highest BCUT2D eigenvalue weighted by molar-refractivity contribution is 9.10. The molecule has 1 unspecified atom stereocenters. The predicted molar refractivity (Wildman–Crippen MR) is 103 cm³/mol. The van der Waals surface area contributed by atoms with Crippen LogP contribution < -0.4 is 10.1 Å². The van der Waals surface area contributed by atoms with Crippen molar-refractivity contribution in [3.63, 3.8) is 0 Å². The number of hydrogen-bond acceptors (Lipinski definition) is 2. The molecule has 128 valence electrons. The quantitative estimate of drug-likeness (QED) is 0.688. The van der Waals surface area contributed by atoms with Gasteiger partial charge in [0.1, 0.15) is 5.75 Å². The van der Waals surface area contributed by atoms with Crippen LogP contribution in [0, 0.1) is 13.8 Å². The van der Waals surface area contributed by atoms with Gasteiger partial charge in [-0.25, -0.2) is 0 Å². The third-order valence-electron chi connectivity index (χ3n) is 3.79. The Morgan fingerprint density at radius 2 is 1.88 bits per heavy atom. The lowest BCUT2D eigenvalue weighted by Crippen LogP contribution is -2.30. The Balaban J connectivity index is 2.07. The number of rotatable bonds is 5. The molecule has 0 radical (unpaired) electrons. The second-order valence-electron chi connectivity index (χ2n) is 5.79. The molecule has 0 saturated heterocycles. The van der Waals surface area contributed by atoms with Crippen molar-refractivity contribution in [1.29, 1.82) is 0 Å². The highest BCUT2D eigenvalue weighted by Crippen LogP contribution is 2.27. The number of ether oxygens (including phenoxy) is 1. The van der Waals surface area contributed by atoms with E-state index in [2.05, 4.69) is 28.2 Å². The number of hydrogen-bond donors (Lipinski definition) is 1. The van der Waals surface area contributed by atoms with Crippen molar-refractivity contribution in [2.45, 2.75) is 40.2 Å². The fourth-order valence-electron chi connectivity index (χ4n) is 2.35. The average Bonchev–Trinajstić information content (AvgIpc) is 2.54. The molecule has 0 bridgehead atoms. The number of halogens is 2. The smallest absolute Gasteiger partial charge is 0.265 e. The van der Waals surface area contributed by atoms with Gasteiger partial charge in [0.15, 0.2) is 6.10 Å². The van der Waals surface area contributed by atoms with Crippen LogP contribution >= 0.6 is 27.5 Å². The summed E-state index contributed by atoms with van der Waals surface area (Å²) in [6.07, 6.45) is 0.324. The van der Waals surface area contributed by atoms with E-state index in [0.29, 0.717) is 5.75 Å². The number of nitrogens with one attached hydrogen (secondary N) is 1. The van der Waals surface area contributed by atoms with Crippen LogP contribution in [-0.2, 0) is 11.2 Å². The molecule has 0 aliphatic rings. The van der Waals surface area contributed by atoms with Crippen LogP contribution in [0.2, 0.25) is 5.02 Å². The summed E-state index contributed by atoms with van der Waals surface area (Å²) in [6, 6.07) is 9.57. The first-order chi connectivity index (χ1) is 11.3. The Morgan fingerprint density at radius 3 is 2.42 bits per heavy atom. The molecule has 24 heavy (non-hydrogen) atoms. The Labute approximate surface area is 156 Å². The summed E-state index contributed by atoms with van der Waals surface area (Å²) < 4.78 is 6.63. The molecule has 0 saturated carbocycles. The van der Waals surface area contributed by atoms with Gasteiger partial charge in [0.25, 0.3) is 5.91 Å². The first kappa shape index (κ1) is 18.8. The largest absolute Gasteiger partial charge is 0.481 e. The summed E-state index contributed by atoms with van der Waals surface area (Å²) in [4.78, 5) is 12.4. The van der Waals surface area contributed by atoms with E-state index >= 15 is 0 Å². The number of aryl methyl sites for hydroxylation is 3. The minimum absolute atomic E-state index is 0.204. The van der Waals surface area contributed by atoms with Crippen molar-refractivity contribution < 1.29 is 9.53 Å². The van der Waals surface area contributed by atoms with Gasteiger partial charge in [0, 0.05) is 9.50 Å². The van der Waals surface area contributed by atoms with E-state index in [4.69, 9.17) is 16.3 Å². The summed E-state index contributed by atoms with van der Waals surface area (Å²) in [5, 5.41) is 3.61. The van der Waals surface area contributed by atoms with E-state index in [1.165, 1.54) is 5.56 Å². The minimum Gasteiger partial charge on any atom is -0.481 e. The van der Waals surface area contributed by atoms with E-state index in [1.54, 1.807) is 6.92 Å². The topological polar surface area (TPSA) is 38.3 Å². The van der Waals surface area contributed by atoms with E-state index < -0.39 is 6.10 Å². The first-order valence-electron chi connectivity index (χ1n) is 7.84. The Morgan fingerprint density at radius 1 is 1.25 bits per heavy atom. The zero-order valence-electron chi connectivity index (χ0n) is 14.2. The maximum Gasteiger partial charge on any atom is 0.265 e. The van der Waals surface area contributed by atoms with Crippen LogP contribution in [0.3, 0.4) is 0 Å². The lowest BCUT2D eigenvalue weighted by molar-refractivity contribution is -0.122. The summed E-state index contributed by atoms with van der Waals surface area (Å²) in [5.41, 5.74) is 3.79. The van der Waals surface area contributed by atoms with Gasteiger partial charge >= 0.3 is 0 Å². The molecule has 0 aliphatic carbocycles. The first-order valence-corrected chi connectivity index (χ1v) is 9.01. The van der Waals surface area contributed by atoms with Crippen molar-refractivity contribution in [3.8, 4) is 5.75 Å². The monoisotopic (exact) mass is 409 g/mol. The molecule has 2 rings (SSSR count). The van der Waals surface area contributed by atoms with Crippen molar-refractivity contribution in [3.05, 3.63) is 56.5 Å². The third kappa shape index (κ3) is 4.52. The van der Waals surface area contributed by atoms with Gasteiger partial charge in [-0.3, -0.25) is 4.79 Å². The molecule has 0 spiro atoms. The summed E-state index contributed by atoms with van der Waals surface area (Å²) in [5.74, 6) is 0.433. The Bertz CT molecular complexity index is 738. The average molecular weight is 411 g/mol.